The van der Waals surface area contributed by atoms with Crippen molar-refractivity contribution in [1.82, 2.24) is 10.2 Å². The smallest absolute Gasteiger partial charge is 0.242 e. The van der Waals surface area contributed by atoms with Crippen molar-refractivity contribution in [1.29, 1.82) is 0 Å². The highest BCUT2D eigenvalue weighted by Gasteiger charge is 2.26. The quantitative estimate of drug-likeness (QED) is 0.462. The number of hydrogen-bond acceptors (Lipinski definition) is 3. The summed E-state index contributed by atoms with van der Waals surface area (Å²) >= 11 is 13.7. The molecule has 168 valence electrons. The summed E-state index contributed by atoms with van der Waals surface area (Å²) in [6, 6.07) is 12.9. The Morgan fingerprint density at radius 2 is 1.81 bits per heavy atom. The molecule has 0 saturated heterocycles. The molecule has 0 bridgehead atoms. The molecule has 0 saturated carbocycles. The Labute approximate surface area is 199 Å². The highest BCUT2D eigenvalue weighted by atomic mass is 35.5. The van der Waals surface area contributed by atoms with E-state index in [1.165, 1.54) is 11.1 Å². The molecular formula is C24H30Cl2N2O2S. The first-order valence-corrected chi connectivity index (χ1v) is 12.3. The van der Waals surface area contributed by atoms with Crippen molar-refractivity contribution in [3.8, 4) is 0 Å². The molecule has 0 spiro atoms. The van der Waals surface area contributed by atoms with Gasteiger partial charge in [-0.1, -0.05) is 60.5 Å². The van der Waals surface area contributed by atoms with Crippen LogP contribution in [0, 0.1) is 6.92 Å². The lowest BCUT2D eigenvalue weighted by Gasteiger charge is -2.29. The van der Waals surface area contributed by atoms with E-state index in [1.54, 1.807) is 35.7 Å². The van der Waals surface area contributed by atoms with Crippen LogP contribution >= 0.6 is 35.0 Å². The Balaban J connectivity index is 2.12. The van der Waals surface area contributed by atoms with E-state index in [0.29, 0.717) is 10.0 Å². The molecule has 0 aliphatic heterocycles. The van der Waals surface area contributed by atoms with E-state index in [-0.39, 0.29) is 30.2 Å². The van der Waals surface area contributed by atoms with Gasteiger partial charge in [0.2, 0.25) is 11.8 Å². The molecule has 2 aromatic carbocycles. The van der Waals surface area contributed by atoms with E-state index in [4.69, 9.17) is 23.2 Å². The fraction of sp³-hybridized carbons (Fsp3) is 0.417. The van der Waals surface area contributed by atoms with Crippen LogP contribution in [0.15, 0.2) is 42.5 Å². The largest absolute Gasteiger partial charge is 0.352 e. The van der Waals surface area contributed by atoms with Crippen LogP contribution < -0.4 is 5.32 Å². The molecule has 0 fully saturated rings. The lowest BCUT2D eigenvalue weighted by molar-refractivity contribution is -0.138. The van der Waals surface area contributed by atoms with Gasteiger partial charge < -0.3 is 10.2 Å². The van der Waals surface area contributed by atoms with Gasteiger partial charge in [0.15, 0.2) is 0 Å². The van der Waals surface area contributed by atoms with Crippen LogP contribution in [0.4, 0.5) is 0 Å². The molecule has 0 aromatic heterocycles. The molecule has 0 heterocycles. The van der Waals surface area contributed by atoms with Crippen molar-refractivity contribution < 1.29 is 9.59 Å². The summed E-state index contributed by atoms with van der Waals surface area (Å²) in [7, 11) is 0. The Morgan fingerprint density at radius 3 is 2.45 bits per heavy atom. The Morgan fingerprint density at radius 1 is 1.10 bits per heavy atom. The van der Waals surface area contributed by atoms with Gasteiger partial charge >= 0.3 is 0 Å². The maximum atomic E-state index is 13.1. The standard InChI is InChI=1S/C24H30Cl2N2O2S/c1-5-17(3)27-24(30)18(4)28(13-19-10-11-21(25)22(26)12-19)23(29)15-31-14-20-9-7-6-8-16(20)2/h6-12,17-18H,5,13-15H2,1-4H3,(H,27,30)/t17-,18+/m1/s1. The maximum absolute atomic E-state index is 13.1. The third-order valence-corrected chi connectivity index (χ3v) is 6.95. The minimum atomic E-state index is -0.602. The molecule has 0 radical (unpaired) electrons. The van der Waals surface area contributed by atoms with Crippen LogP contribution in [0.1, 0.15) is 43.9 Å². The van der Waals surface area contributed by atoms with Crippen LogP contribution in [-0.4, -0.2) is 34.6 Å². The second-order valence-corrected chi connectivity index (χ2v) is 9.48. The Hall–Kier alpha value is -1.69. The van der Waals surface area contributed by atoms with E-state index in [2.05, 4.69) is 24.4 Å². The Bertz CT molecular complexity index is 907. The van der Waals surface area contributed by atoms with E-state index in [0.717, 1.165) is 17.7 Å². The number of aryl methyl sites for hydroxylation is 1. The molecule has 0 aliphatic rings. The number of carbonyl (C=O) groups excluding carboxylic acids is 2. The normalized spacial score (nSPS) is 12.8. The second kappa shape index (κ2) is 12.4. The van der Waals surface area contributed by atoms with Crippen molar-refractivity contribution >= 4 is 46.8 Å². The minimum absolute atomic E-state index is 0.0484. The third kappa shape index (κ3) is 7.74. The number of amides is 2. The first-order valence-electron chi connectivity index (χ1n) is 10.4. The highest BCUT2D eigenvalue weighted by Crippen LogP contribution is 2.24. The van der Waals surface area contributed by atoms with Gasteiger partial charge in [-0.3, -0.25) is 9.59 Å². The summed E-state index contributed by atoms with van der Waals surface area (Å²) in [5, 5.41) is 3.86. The van der Waals surface area contributed by atoms with E-state index < -0.39 is 6.04 Å². The van der Waals surface area contributed by atoms with Crippen molar-refractivity contribution in [2.45, 2.75) is 58.5 Å². The molecule has 0 unspecified atom stereocenters. The van der Waals surface area contributed by atoms with Crippen molar-refractivity contribution in [2.24, 2.45) is 0 Å². The minimum Gasteiger partial charge on any atom is -0.352 e. The van der Waals surface area contributed by atoms with E-state index in [1.807, 2.05) is 32.0 Å². The first-order chi connectivity index (χ1) is 14.7. The lowest BCUT2D eigenvalue weighted by atomic mass is 10.1. The predicted octanol–water partition coefficient (Wildman–Crippen LogP) is 5.87. The third-order valence-electron chi connectivity index (χ3n) is 5.25. The summed E-state index contributed by atoms with van der Waals surface area (Å²) in [5.74, 6) is 0.784. The molecular weight excluding hydrogens is 451 g/mol. The molecule has 2 amide bonds. The fourth-order valence-corrected chi connectivity index (χ4v) is 4.29. The lowest BCUT2D eigenvalue weighted by Crippen LogP contribution is -2.50. The zero-order chi connectivity index (χ0) is 23.0. The number of nitrogens with one attached hydrogen (secondary N) is 1. The summed E-state index contributed by atoms with van der Waals surface area (Å²) < 4.78 is 0. The average molecular weight is 481 g/mol. The molecule has 1 N–H and O–H groups in total. The van der Waals surface area contributed by atoms with Gasteiger partial charge in [0.1, 0.15) is 6.04 Å². The number of halogens is 2. The SMILES string of the molecule is CC[C@@H](C)NC(=O)[C@H](C)N(Cc1ccc(Cl)c(Cl)c1)C(=O)CSCc1ccccc1C. The maximum Gasteiger partial charge on any atom is 0.242 e. The second-order valence-electron chi connectivity index (χ2n) is 7.68. The van der Waals surface area contributed by atoms with Gasteiger partial charge in [-0.15, -0.1) is 11.8 Å². The summed E-state index contributed by atoms with van der Waals surface area (Å²) in [4.78, 5) is 27.5. The number of rotatable bonds is 10. The average Bonchev–Trinajstić information content (AvgIpc) is 2.75. The number of hydrogen-bond donors (Lipinski definition) is 1. The van der Waals surface area contributed by atoms with Gasteiger partial charge in [-0.2, -0.15) is 0 Å². The van der Waals surface area contributed by atoms with Crippen LogP contribution in [0.25, 0.3) is 0 Å². The van der Waals surface area contributed by atoms with Gasteiger partial charge in [-0.25, -0.2) is 0 Å². The number of thioether (sulfide) groups is 1. The zero-order valence-corrected chi connectivity index (χ0v) is 20.8. The van der Waals surface area contributed by atoms with Crippen LogP contribution in [-0.2, 0) is 21.9 Å². The van der Waals surface area contributed by atoms with Gasteiger partial charge in [0, 0.05) is 18.3 Å². The molecule has 31 heavy (non-hydrogen) atoms. The van der Waals surface area contributed by atoms with Gasteiger partial charge in [-0.05, 0) is 56.0 Å². The van der Waals surface area contributed by atoms with Gasteiger partial charge in [0.05, 0.1) is 15.8 Å². The molecule has 2 aromatic rings. The van der Waals surface area contributed by atoms with Crippen LogP contribution in [0.5, 0.6) is 0 Å². The number of nitrogens with zero attached hydrogens (tertiary/aromatic N) is 1. The number of benzene rings is 2. The van der Waals surface area contributed by atoms with Crippen molar-refractivity contribution in [3.05, 3.63) is 69.2 Å². The Kier molecular flexibility index (Phi) is 10.2. The first kappa shape index (κ1) is 25.6. The van der Waals surface area contributed by atoms with Gasteiger partial charge in [0.25, 0.3) is 0 Å². The van der Waals surface area contributed by atoms with Crippen LogP contribution in [0.2, 0.25) is 10.0 Å². The van der Waals surface area contributed by atoms with Crippen LogP contribution in [0.3, 0.4) is 0 Å². The summed E-state index contributed by atoms with van der Waals surface area (Å²) in [6.45, 7) is 8.08. The molecule has 2 rings (SSSR count). The van der Waals surface area contributed by atoms with Crippen molar-refractivity contribution in [3.63, 3.8) is 0 Å². The van der Waals surface area contributed by atoms with E-state index >= 15 is 0 Å². The fourth-order valence-electron chi connectivity index (χ4n) is 2.99. The predicted molar refractivity (Wildman–Crippen MR) is 132 cm³/mol. The molecule has 7 heteroatoms. The highest BCUT2D eigenvalue weighted by molar-refractivity contribution is 7.99. The molecule has 2 atom stereocenters. The molecule has 4 nitrogen and oxygen atoms in total. The molecule has 0 aliphatic carbocycles. The van der Waals surface area contributed by atoms with E-state index in [9.17, 15) is 9.59 Å². The summed E-state index contributed by atoms with van der Waals surface area (Å²) in [6.07, 6.45) is 0.825. The number of carbonyl (C=O) groups is 2. The zero-order valence-electron chi connectivity index (χ0n) is 18.5. The summed E-state index contributed by atoms with van der Waals surface area (Å²) in [5.41, 5.74) is 3.24. The van der Waals surface area contributed by atoms with Crippen molar-refractivity contribution in [2.75, 3.05) is 5.75 Å². The topological polar surface area (TPSA) is 49.4 Å². The monoisotopic (exact) mass is 480 g/mol.